The fraction of sp³-hybridized carbons (Fsp3) is 0. The summed E-state index contributed by atoms with van der Waals surface area (Å²) in [6.45, 7) is 0. The van der Waals surface area contributed by atoms with E-state index in [9.17, 15) is 4.79 Å². The Balaban J connectivity index is 1.75. The molecule has 0 aliphatic rings. The van der Waals surface area contributed by atoms with Crippen molar-refractivity contribution >= 4 is 55.4 Å². The summed E-state index contributed by atoms with van der Waals surface area (Å²) in [6, 6.07) is 14.9. The standard InChI is InChI=1S/C15H8BrIN2O2S/c16-11-5-1-9(2-6-11)13-18-19-15(21-13)22-14(20)10-3-7-12(17)8-4-10/h1-8H. The number of halogens is 2. The zero-order valence-electron chi connectivity index (χ0n) is 11.0. The van der Waals surface area contributed by atoms with Gasteiger partial charge in [-0.15, -0.1) is 10.2 Å². The number of rotatable bonds is 3. The van der Waals surface area contributed by atoms with E-state index in [2.05, 4.69) is 48.7 Å². The highest BCUT2D eigenvalue weighted by Gasteiger charge is 2.14. The first-order chi connectivity index (χ1) is 10.6. The summed E-state index contributed by atoms with van der Waals surface area (Å²) in [4.78, 5) is 12.1. The van der Waals surface area contributed by atoms with Crippen LogP contribution in [0.4, 0.5) is 0 Å². The third kappa shape index (κ3) is 3.76. The normalized spacial score (nSPS) is 10.6. The van der Waals surface area contributed by atoms with Crippen molar-refractivity contribution in [1.29, 1.82) is 0 Å². The van der Waals surface area contributed by atoms with Crippen molar-refractivity contribution in [2.24, 2.45) is 0 Å². The van der Waals surface area contributed by atoms with Gasteiger partial charge in [0.2, 0.25) is 11.0 Å². The Hall–Kier alpha value is -1.19. The van der Waals surface area contributed by atoms with Crippen molar-refractivity contribution in [3.05, 3.63) is 62.1 Å². The molecule has 22 heavy (non-hydrogen) atoms. The fourth-order valence-corrected chi connectivity index (χ4v) is 2.92. The highest BCUT2D eigenvalue weighted by molar-refractivity contribution is 14.1. The molecule has 0 bridgehead atoms. The summed E-state index contributed by atoms with van der Waals surface area (Å²) in [7, 11) is 0. The number of benzene rings is 2. The highest BCUT2D eigenvalue weighted by Crippen LogP contribution is 2.26. The first-order valence-electron chi connectivity index (χ1n) is 6.19. The van der Waals surface area contributed by atoms with Crippen LogP contribution in [0, 0.1) is 3.57 Å². The minimum Gasteiger partial charge on any atom is -0.411 e. The van der Waals surface area contributed by atoms with E-state index in [1.807, 2.05) is 36.4 Å². The molecule has 3 rings (SSSR count). The van der Waals surface area contributed by atoms with Gasteiger partial charge in [-0.2, -0.15) is 0 Å². The average Bonchev–Trinajstić information content (AvgIpc) is 2.97. The van der Waals surface area contributed by atoms with Gasteiger partial charge in [-0.05, 0) is 71.1 Å². The van der Waals surface area contributed by atoms with Crippen molar-refractivity contribution in [3.63, 3.8) is 0 Å². The highest BCUT2D eigenvalue weighted by atomic mass is 127. The maximum atomic E-state index is 12.1. The Bertz CT molecular complexity index is 803. The molecule has 0 aliphatic heterocycles. The number of aromatic nitrogens is 2. The lowest BCUT2D eigenvalue weighted by Crippen LogP contribution is -1.92. The van der Waals surface area contributed by atoms with Crippen LogP contribution in [0.5, 0.6) is 0 Å². The van der Waals surface area contributed by atoms with E-state index < -0.39 is 0 Å². The molecular formula is C15H8BrIN2O2S. The van der Waals surface area contributed by atoms with Gasteiger partial charge in [0.15, 0.2) is 0 Å². The fourth-order valence-electron chi connectivity index (χ4n) is 1.68. The third-order valence-electron chi connectivity index (χ3n) is 2.76. The molecule has 0 amide bonds. The van der Waals surface area contributed by atoms with Crippen LogP contribution in [-0.4, -0.2) is 15.3 Å². The summed E-state index contributed by atoms with van der Waals surface area (Å²) in [5.41, 5.74) is 1.41. The van der Waals surface area contributed by atoms with Crippen LogP contribution in [0.1, 0.15) is 10.4 Å². The molecule has 2 aromatic carbocycles. The van der Waals surface area contributed by atoms with Gasteiger partial charge < -0.3 is 4.42 Å². The smallest absolute Gasteiger partial charge is 0.284 e. The van der Waals surface area contributed by atoms with E-state index in [0.29, 0.717) is 11.5 Å². The summed E-state index contributed by atoms with van der Waals surface area (Å²) in [5.74, 6) is 0.394. The largest absolute Gasteiger partial charge is 0.411 e. The lowest BCUT2D eigenvalue weighted by atomic mass is 10.2. The Kier molecular flexibility index (Phi) is 4.94. The minimum atomic E-state index is -0.123. The van der Waals surface area contributed by atoms with Gasteiger partial charge in [-0.25, -0.2) is 0 Å². The molecule has 0 spiro atoms. The molecule has 0 saturated heterocycles. The second kappa shape index (κ2) is 6.93. The van der Waals surface area contributed by atoms with Gasteiger partial charge in [0.05, 0.1) is 0 Å². The van der Waals surface area contributed by atoms with E-state index in [4.69, 9.17) is 4.42 Å². The van der Waals surface area contributed by atoms with Gasteiger partial charge in [0.1, 0.15) is 0 Å². The number of hydrogen-bond donors (Lipinski definition) is 0. The number of nitrogens with zero attached hydrogens (tertiary/aromatic N) is 2. The minimum absolute atomic E-state index is 0.123. The van der Waals surface area contributed by atoms with E-state index in [1.165, 1.54) is 0 Å². The number of carbonyl (C=O) groups is 1. The molecule has 7 heteroatoms. The van der Waals surface area contributed by atoms with Crippen LogP contribution >= 0.6 is 50.3 Å². The molecule has 0 atom stereocenters. The molecule has 0 fully saturated rings. The van der Waals surface area contributed by atoms with Gasteiger partial charge in [-0.3, -0.25) is 4.79 Å². The van der Waals surface area contributed by atoms with Gasteiger partial charge >= 0.3 is 0 Å². The van der Waals surface area contributed by atoms with Crippen molar-refractivity contribution in [2.45, 2.75) is 5.22 Å². The molecule has 1 heterocycles. The number of carbonyl (C=O) groups excluding carboxylic acids is 1. The van der Waals surface area contributed by atoms with E-state index in [1.54, 1.807) is 12.1 Å². The Morgan fingerprint density at radius 1 is 1.05 bits per heavy atom. The van der Waals surface area contributed by atoms with E-state index in [0.717, 1.165) is 25.4 Å². The first-order valence-corrected chi connectivity index (χ1v) is 8.88. The van der Waals surface area contributed by atoms with Crippen molar-refractivity contribution in [1.82, 2.24) is 10.2 Å². The summed E-state index contributed by atoms with van der Waals surface area (Å²) in [6.07, 6.45) is 0. The van der Waals surface area contributed by atoms with Crippen LogP contribution in [0.2, 0.25) is 0 Å². The quantitative estimate of drug-likeness (QED) is 0.383. The average molecular weight is 487 g/mol. The molecule has 0 radical (unpaired) electrons. The molecule has 3 aromatic rings. The summed E-state index contributed by atoms with van der Waals surface area (Å²) < 4.78 is 7.58. The van der Waals surface area contributed by atoms with Crippen LogP contribution in [0.3, 0.4) is 0 Å². The molecule has 0 unspecified atom stereocenters. The zero-order valence-corrected chi connectivity index (χ0v) is 15.6. The monoisotopic (exact) mass is 486 g/mol. The second-order valence-corrected chi connectivity index (χ2v) is 7.36. The molecule has 0 saturated carbocycles. The molecule has 0 N–H and O–H groups in total. The van der Waals surface area contributed by atoms with E-state index in [-0.39, 0.29) is 10.3 Å². The lowest BCUT2D eigenvalue weighted by molar-refractivity contribution is 0.108. The topological polar surface area (TPSA) is 56.0 Å². The van der Waals surface area contributed by atoms with Gasteiger partial charge in [0, 0.05) is 30.9 Å². The maximum Gasteiger partial charge on any atom is 0.284 e. The van der Waals surface area contributed by atoms with Crippen LogP contribution in [0.25, 0.3) is 11.5 Å². The molecule has 110 valence electrons. The predicted molar refractivity (Wildman–Crippen MR) is 96.8 cm³/mol. The number of thioether (sulfide) groups is 1. The second-order valence-electron chi connectivity index (χ2n) is 4.28. The summed E-state index contributed by atoms with van der Waals surface area (Å²) >= 11 is 6.49. The van der Waals surface area contributed by atoms with Gasteiger partial charge in [0.25, 0.3) is 5.22 Å². The number of hydrogen-bond acceptors (Lipinski definition) is 5. The van der Waals surface area contributed by atoms with Crippen molar-refractivity contribution in [2.75, 3.05) is 0 Å². The third-order valence-corrected chi connectivity index (χ3v) is 4.77. The Morgan fingerprint density at radius 2 is 1.73 bits per heavy atom. The molecule has 1 aromatic heterocycles. The molecular weight excluding hydrogens is 479 g/mol. The molecule has 4 nitrogen and oxygen atoms in total. The summed E-state index contributed by atoms with van der Waals surface area (Å²) in [5, 5.41) is 8.00. The van der Waals surface area contributed by atoms with Gasteiger partial charge in [-0.1, -0.05) is 15.9 Å². The lowest BCUT2D eigenvalue weighted by Gasteiger charge is -1.97. The van der Waals surface area contributed by atoms with Crippen LogP contribution < -0.4 is 0 Å². The van der Waals surface area contributed by atoms with Crippen LogP contribution in [0.15, 0.2) is 62.6 Å². The maximum absolute atomic E-state index is 12.1. The Labute approximate surface area is 153 Å². The Morgan fingerprint density at radius 3 is 2.41 bits per heavy atom. The predicted octanol–water partition coefficient (Wildman–Crippen LogP) is 5.04. The SMILES string of the molecule is O=C(Sc1nnc(-c2ccc(Br)cc2)o1)c1ccc(I)cc1. The first kappa shape index (κ1) is 15.7. The van der Waals surface area contributed by atoms with Crippen molar-refractivity contribution < 1.29 is 9.21 Å². The van der Waals surface area contributed by atoms with Crippen LogP contribution in [-0.2, 0) is 0 Å². The van der Waals surface area contributed by atoms with E-state index >= 15 is 0 Å². The molecule has 0 aliphatic carbocycles. The zero-order chi connectivity index (χ0) is 15.5. The van der Waals surface area contributed by atoms with Crippen molar-refractivity contribution in [3.8, 4) is 11.5 Å².